The summed E-state index contributed by atoms with van der Waals surface area (Å²) in [5.74, 6) is 0.452. The fourth-order valence-electron chi connectivity index (χ4n) is 2.20. The van der Waals surface area contributed by atoms with Crippen LogP contribution >= 0.6 is 24.0 Å². The number of ether oxygens (including phenoxy) is 1. The first-order valence-corrected chi connectivity index (χ1v) is 7.97. The van der Waals surface area contributed by atoms with E-state index in [9.17, 15) is 4.39 Å². The number of halogens is 2. The molecule has 0 amide bonds. The molecule has 0 saturated carbocycles. The van der Waals surface area contributed by atoms with E-state index in [1.165, 1.54) is 6.07 Å². The SMILES string of the molecule is CN=C(NCc1cccc(C#N)c1)NCC(C)Oc1ccccc1F.I. The molecule has 0 aliphatic heterocycles. The van der Waals surface area contributed by atoms with Crippen LogP contribution in [0.2, 0.25) is 0 Å². The minimum atomic E-state index is -0.380. The highest BCUT2D eigenvalue weighted by atomic mass is 127. The molecule has 0 aromatic heterocycles. The van der Waals surface area contributed by atoms with Gasteiger partial charge in [-0.25, -0.2) is 4.39 Å². The maximum absolute atomic E-state index is 13.6. The van der Waals surface area contributed by atoms with Crippen molar-refractivity contribution in [3.63, 3.8) is 0 Å². The molecule has 2 aromatic rings. The number of benzene rings is 2. The molecule has 0 aliphatic carbocycles. The maximum atomic E-state index is 13.6. The highest BCUT2D eigenvalue weighted by Crippen LogP contribution is 2.16. The molecule has 0 heterocycles. The fraction of sp³-hybridized carbons (Fsp3) is 0.263. The highest BCUT2D eigenvalue weighted by Gasteiger charge is 2.09. The van der Waals surface area contributed by atoms with Gasteiger partial charge < -0.3 is 15.4 Å². The van der Waals surface area contributed by atoms with Gasteiger partial charge in [0.15, 0.2) is 17.5 Å². The van der Waals surface area contributed by atoms with Crippen molar-refractivity contribution in [2.24, 2.45) is 4.99 Å². The second-order valence-corrected chi connectivity index (χ2v) is 5.48. The first-order chi connectivity index (χ1) is 12.1. The number of hydrogen-bond acceptors (Lipinski definition) is 3. The van der Waals surface area contributed by atoms with Crippen LogP contribution in [0.4, 0.5) is 4.39 Å². The van der Waals surface area contributed by atoms with Gasteiger partial charge >= 0.3 is 0 Å². The zero-order valence-electron chi connectivity index (χ0n) is 14.7. The number of nitrogens with one attached hydrogen (secondary N) is 2. The molecule has 138 valence electrons. The molecule has 2 aromatic carbocycles. The van der Waals surface area contributed by atoms with Crippen molar-refractivity contribution in [2.45, 2.75) is 19.6 Å². The lowest BCUT2D eigenvalue weighted by atomic mass is 10.1. The number of guanidine groups is 1. The molecule has 26 heavy (non-hydrogen) atoms. The lowest BCUT2D eigenvalue weighted by molar-refractivity contribution is 0.214. The number of para-hydroxylation sites is 1. The van der Waals surface area contributed by atoms with Crippen LogP contribution in [0.5, 0.6) is 5.75 Å². The quantitative estimate of drug-likeness (QED) is 0.387. The summed E-state index contributed by atoms with van der Waals surface area (Å²) in [6, 6.07) is 15.8. The van der Waals surface area contributed by atoms with Crippen molar-refractivity contribution in [1.82, 2.24) is 10.6 Å². The first kappa shape index (κ1) is 21.7. The van der Waals surface area contributed by atoms with Crippen LogP contribution in [0, 0.1) is 17.1 Å². The van der Waals surface area contributed by atoms with E-state index in [0.717, 1.165) is 5.56 Å². The van der Waals surface area contributed by atoms with Gasteiger partial charge in [0.05, 0.1) is 18.2 Å². The summed E-state index contributed by atoms with van der Waals surface area (Å²) in [6.07, 6.45) is -0.239. The number of nitrogens with zero attached hydrogens (tertiary/aromatic N) is 2. The third kappa shape index (κ3) is 6.88. The van der Waals surface area contributed by atoms with E-state index >= 15 is 0 Å². The van der Waals surface area contributed by atoms with Crippen LogP contribution in [-0.2, 0) is 6.54 Å². The Balaban J connectivity index is 0.00000338. The summed E-state index contributed by atoms with van der Waals surface area (Å²) < 4.78 is 19.2. The standard InChI is InChI=1S/C19H21FN4O.HI/c1-14(25-18-9-4-3-8-17(18)20)12-23-19(22-2)24-13-16-7-5-6-15(10-16)11-21;/h3-10,14H,12-13H2,1-2H3,(H2,22,23,24);1H. The fourth-order valence-corrected chi connectivity index (χ4v) is 2.20. The Kier molecular flexibility index (Phi) is 9.44. The van der Waals surface area contributed by atoms with Crippen LogP contribution in [0.1, 0.15) is 18.1 Å². The number of rotatable bonds is 6. The molecule has 1 unspecified atom stereocenters. The van der Waals surface area contributed by atoms with Crippen LogP contribution in [0.25, 0.3) is 0 Å². The van der Waals surface area contributed by atoms with Crippen molar-refractivity contribution in [3.05, 3.63) is 65.5 Å². The molecule has 7 heteroatoms. The van der Waals surface area contributed by atoms with E-state index in [4.69, 9.17) is 10.00 Å². The van der Waals surface area contributed by atoms with E-state index in [-0.39, 0.29) is 41.6 Å². The maximum Gasteiger partial charge on any atom is 0.191 e. The Morgan fingerprint density at radius 3 is 2.69 bits per heavy atom. The normalized spacial score (nSPS) is 11.7. The monoisotopic (exact) mass is 468 g/mol. The lowest BCUT2D eigenvalue weighted by Crippen LogP contribution is -2.41. The molecule has 0 bridgehead atoms. The van der Waals surface area contributed by atoms with Crippen molar-refractivity contribution >= 4 is 29.9 Å². The molecular weight excluding hydrogens is 446 g/mol. The average molecular weight is 468 g/mol. The predicted octanol–water partition coefficient (Wildman–Crippen LogP) is 3.45. The second-order valence-electron chi connectivity index (χ2n) is 5.48. The largest absolute Gasteiger partial charge is 0.486 e. The average Bonchev–Trinajstić information content (AvgIpc) is 2.64. The zero-order chi connectivity index (χ0) is 18.1. The van der Waals surface area contributed by atoms with Crippen molar-refractivity contribution in [1.29, 1.82) is 5.26 Å². The third-order valence-electron chi connectivity index (χ3n) is 3.46. The molecule has 0 fully saturated rings. The Labute approximate surface area is 170 Å². The van der Waals surface area contributed by atoms with Gasteiger partial charge in [-0.05, 0) is 36.8 Å². The molecule has 2 N–H and O–H groups in total. The van der Waals surface area contributed by atoms with Crippen molar-refractivity contribution < 1.29 is 9.13 Å². The van der Waals surface area contributed by atoms with Gasteiger partial charge in [-0.3, -0.25) is 4.99 Å². The Morgan fingerprint density at radius 2 is 2.00 bits per heavy atom. The molecule has 0 spiro atoms. The Morgan fingerprint density at radius 1 is 1.23 bits per heavy atom. The van der Waals surface area contributed by atoms with E-state index in [0.29, 0.717) is 24.6 Å². The van der Waals surface area contributed by atoms with Crippen LogP contribution in [0.15, 0.2) is 53.5 Å². The second kappa shape index (κ2) is 11.3. The van der Waals surface area contributed by atoms with Gasteiger partial charge in [-0.2, -0.15) is 5.26 Å². The van der Waals surface area contributed by atoms with Gasteiger partial charge in [0, 0.05) is 13.6 Å². The Hall–Kier alpha value is -2.34. The van der Waals surface area contributed by atoms with Gasteiger partial charge in [0.25, 0.3) is 0 Å². The zero-order valence-corrected chi connectivity index (χ0v) is 17.0. The van der Waals surface area contributed by atoms with Gasteiger partial charge in [-0.1, -0.05) is 24.3 Å². The minimum Gasteiger partial charge on any atom is -0.486 e. The summed E-state index contributed by atoms with van der Waals surface area (Å²) in [5.41, 5.74) is 1.60. The third-order valence-corrected chi connectivity index (χ3v) is 3.46. The van der Waals surface area contributed by atoms with E-state index in [1.54, 1.807) is 31.3 Å². The molecule has 1 atom stereocenters. The molecule has 0 aliphatic rings. The van der Waals surface area contributed by atoms with E-state index in [1.807, 2.05) is 25.1 Å². The number of aliphatic imine (C=N–C) groups is 1. The highest BCUT2D eigenvalue weighted by molar-refractivity contribution is 14.0. The predicted molar refractivity (Wildman–Crippen MR) is 111 cm³/mol. The molecule has 5 nitrogen and oxygen atoms in total. The molecule has 0 saturated heterocycles. The molecule has 0 radical (unpaired) electrons. The van der Waals surface area contributed by atoms with Crippen molar-refractivity contribution in [2.75, 3.05) is 13.6 Å². The summed E-state index contributed by atoms with van der Waals surface area (Å²) in [6.45, 7) is 2.85. The Bertz CT molecular complexity index is 776. The van der Waals surface area contributed by atoms with Gasteiger partial charge in [-0.15, -0.1) is 24.0 Å². The summed E-state index contributed by atoms with van der Waals surface area (Å²) in [5, 5.41) is 15.2. The number of nitriles is 1. The minimum absolute atomic E-state index is 0. The van der Waals surface area contributed by atoms with E-state index in [2.05, 4.69) is 21.7 Å². The summed E-state index contributed by atoms with van der Waals surface area (Å²) >= 11 is 0. The first-order valence-electron chi connectivity index (χ1n) is 7.97. The van der Waals surface area contributed by atoms with Gasteiger partial charge in [0.1, 0.15) is 6.10 Å². The topological polar surface area (TPSA) is 69.4 Å². The number of hydrogen-bond donors (Lipinski definition) is 2. The van der Waals surface area contributed by atoms with Gasteiger partial charge in [0.2, 0.25) is 0 Å². The van der Waals surface area contributed by atoms with Crippen molar-refractivity contribution in [3.8, 4) is 11.8 Å². The lowest BCUT2D eigenvalue weighted by Gasteiger charge is -2.18. The molecule has 2 rings (SSSR count). The molecular formula is C19H22FIN4O. The van der Waals surface area contributed by atoms with E-state index < -0.39 is 0 Å². The van der Waals surface area contributed by atoms with Crippen LogP contribution < -0.4 is 15.4 Å². The van der Waals surface area contributed by atoms with Crippen LogP contribution in [-0.4, -0.2) is 25.7 Å². The van der Waals surface area contributed by atoms with Crippen LogP contribution in [0.3, 0.4) is 0 Å². The summed E-state index contributed by atoms with van der Waals surface area (Å²) in [4.78, 5) is 4.14. The smallest absolute Gasteiger partial charge is 0.191 e. The summed E-state index contributed by atoms with van der Waals surface area (Å²) in [7, 11) is 1.67.